The van der Waals surface area contributed by atoms with Gasteiger partial charge in [0, 0.05) is 23.7 Å². The van der Waals surface area contributed by atoms with Crippen molar-refractivity contribution in [2.45, 2.75) is 23.8 Å². The van der Waals surface area contributed by atoms with Gasteiger partial charge in [-0.1, -0.05) is 18.2 Å². The first-order valence-corrected chi connectivity index (χ1v) is 11.6. The van der Waals surface area contributed by atoms with Crippen molar-refractivity contribution < 1.29 is 23.9 Å². The Hall–Kier alpha value is -3.84. The highest BCUT2D eigenvalue weighted by Gasteiger charge is 2.24. The summed E-state index contributed by atoms with van der Waals surface area (Å²) in [5, 5.41) is 14.5. The molecule has 34 heavy (non-hydrogen) atoms. The molecule has 0 bridgehead atoms. The van der Waals surface area contributed by atoms with Gasteiger partial charge in [-0.2, -0.15) is 5.26 Å². The van der Waals surface area contributed by atoms with Crippen LogP contribution < -0.4 is 10.6 Å². The highest BCUT2D eigenvalue weighted by molar-refractivity contribution is 8.00. The summed E-state index contributed by atoms with van der Waals surface area (Å²) in [6.45, 7) is -0.605. The van der Waals surface area contributed by atoms with E-state index in [0.717, 1.165) is 24.6 Å². The molecule has 2 N–H and O–H groups in total. The summed E-state index contributed by atoms with van der Waals surface area (Å²) >= 11 is 1.15. The van der Waals surface area contributed by atoms with Crippen molar-refractivity contribution in [1.29, 1.82) is 5.26 Å². The van der Waals surface area contributed by atoms with E-state index >= 15 is 0 Å². The summed E-state index contributed by atoms with van der Waals surface area (Å²) in [5.41, 5.74) is 1.17. The molecule has 176 valence electrons. The van der Waals surface area contributed by atoms with Gasteiger partial charge in [0.2, 0.25) is 11.8 Å². The number of hydrogen-bond donors (Lipinski definition) is 2. The van der Waals surface area contributed by atoms with Gasteiger partial charge in [-0.3, -0.25) is 14.4 Å². The summed E-state index contributed by atoms with van der Waals surface area (Å²) in [5.74, 6) is -1.72. The number of likely N-dealkylation sites (N-methyl/N-ethyl adjacent to an activating group) is 1. The molecule has 0 atom stereocenters. The predicted molar refractivity (Wildman–Crippen MR) is 126 cm³/mol. The second-order valence-corrected chi connectivity index (χ2v) is 8.71. The van der Waals surface area contributed by atoms with Gasteiger partial charge in [0.15, 0.2) is 6.61 Å². The van der Waals surface area contributed by atoms with Crippen LogP contribution in [0.15, 0.2) is 53.4 Å². The van der Waals surface area contributed by atoms with Crippen LogP contribution in [0.4, 0.5) is 5.69 Å². The maximum atomic E-state index is 12.6. The largest absolute Gasteiger partial charge is 0.452 e. The number of benzene rings is 2. The molecule has 0 saturated heterocycles. The number of amides is 3. The molecule has 2 aromatic rings. The van der Waals surface area contributed by atoms with Crippen LogP contribution in [0.25, 0.3) is 0 Å². The Morgan fingerprint density at radius 2 is 1.88 bits per heavy atom. The fourth-order valence-corrected chi connectivity index (χ4v) is 3.73. The number of nitrogens with zero attached hydrogens (tertiary/aromatic N) is 2. The maximum Gasteiger partial charge on any atom is 0.339 e. The summed E-state index contributed by atoms with van der Waals surface area (Å²) in [4.78, 5) is 50.6. The second-order valence-electron chi connectivity index (χ2n) is 7.69. The number of nitrogens with one attached hydrogen (secondary N) is 2. The molecular weight excluding hydrogens is 456 g/mol. The molecule has 3 rings (SSSR count). The van der Waals surface area contributed by atoms with Crippen LogP contribution in [0.2, 0.25) is 0 Å². The minimum Gasteiger partial charge on any atom is -0.452 e. The molecule has 0 aliphatic heterocycles. The van der Waals surface area contributed by atoms with Crippen LogP contribution in [0.1, 0.15) is 28.8 Å². The first-order valence-electron chi connectivity index (χ1n) is 10.6. The predicted octanol–water partition coefficient (Wildman–Crippen LogP) is 2.18. The van der Waals surface area contributed by atoms with E-state index in [-0.39, 0.29) is 35.7 Å². The molecule has 3 amide bonds. The molecule has 0 unspecified atom stereocenters. The van der Waals surface area contributed by atoms with E-state index in [4.69, 9.17) is 10.00 Å². The van der Waals surface area contributed by atoms with Gasteiger partial charge in [0.05, 0.1) is 29.5 Å². The smallest absolute Gasteiger partial charge is 0.339 e. The van der Waals surface area contributed by atoms with Crippen molar-refractivity contribution in [3.05, 3.63) is 59.7 Å². The van der Waals surface area contributed by atoms with Crippen LogP contribution in [0, 0.1) is 11.3 Å². The van der Waals surface area contributed by atoms with Crippen molar-refractivity contribution >= 4 is 41.1 Å². The minimum atomic E-state index is -0.700. The zero-order valence-electron chi connectivity index (χ0n) is 18.6. The molecule has 0 heterocycles. The third-order valence-electron chi connectivity index (χ3n) is 4.82. The number of carbonyl (C=O) groups excluding carboxylic acids is 4. The van der Waals surface area contributed by atoms with E-state index in [1.807, 2.05) is 6.07 Å². The SMILES string of the molecule is CN(CC(=O)NC1CC1)C(=O)COC(=O)c1ccccc1SCC(=O)Nc1cccc(C#N)c1. The molecule has 1 saturated carbocycles. The molecule has 0 aromatic heterocycles. The Balaban J connectivity index is 1.49. The van der Waals surface area contributed by atoms with Gasteiger partial charge in [-0.15, -0.1) is 11.8 Å². The van der Waals surface area contributed by atoms with Crippen molar-refractivity contribution in [1.82, 2.24) is 10.2 Å². The number of carbonyl (C=O) groups is 4. The van der Waals surface area contributed by atoms with Gasteiger partial charge in [-0.25, -0.2) is 4.79 Å². The zero-order chi connectivity index (χ0) is 24.5. The number of anilines is 1. The van der Waals surface area contributed by atoms with Crippen LogP contribution in [-0.2, 0) is 19.1 Å². The number of hydrogen-bond acceptors (Lipinski definition) is 7. The Morgan fingerprint density at radius 1 is 1.12 bits per heavy atom. The van der Waals surface area contributed by atoms with E-state index in [2.05, 4.69) is 10.6 Å². The fourth-order valence-electron chi connectivity index (χ4n) is 2.89. The average Bonchev–Trinajstić information content (AvgIpc) is 3.65. The van der Waals surface area contributed by atoms with E-state index in [1.54, 1.807) is 48.5 Å². The lowest BCUT2D eigenvalue weighted by Gasteiger charge is -2.17. The van der Waals surface area contributed by atoms with Crippen LogP contribution in [0.5, 0.6) is 0 Å². The highest BCUT2D eigenvalue weighted by Crippen LogP contribution is 2.24. The lowest BCUT2D eigenvalue weighted by atomic mass is 10.2. The number of ether oxygens (including phenoxy) is 1. The molecule has 9 nitrogen and oxygen atoms in total. The summed E-state index contributed by atoms with van der Waals surface area (Å²) < 4.78 is 5.15. The van der Waals surface area contributed by atoms with Crippen molar-refractivity contribution in [3.8, 4) is 6.07 Å². The topological polar surface area (TPSA) is 129 Å². The lowest BCUT2D eigenvalue weighted by molar-refractivity contribution is -0.137. The van der Waals surface area contributed by atoms with E-state index in [1.165, 1.54) is 11.9 Å². The van der Waals surface area contributed by atoms with E-state index in [0.29, 0.717) is 16.1 Å². The van der Waals surface area contributed by atoms with Crippen molar-refractivity contribution in [2.75, 3.05) is 31.3 Å². The zero-order valence-corrected chi connectivity index (χ0v) is 19.4. The monoisotopic (exact) mass is 480 g/mol. The van der Waals surface area contributed by atoms with Gasteiger partial charge in [0.1, 0.15) is 0 Å². The molecule has 0 spiro atoms. The van der Waals surface area contributed by atoms with Gasteiger partial charge >= 0.3 is 5.97 Å². The van der Waals surface area contributed by atoms with Gasteiger partial charge < -0.3 is 20.3 Å². The molecule has 2 aromatic carbocycles. The van der Waals surface area contributed by atoms with E-state index in [9.17, 15) is 19.2 Å². The Morgan fingerprint density at radius 3 is 2.62 bits per heavy atom. The summed E-state index contributed by atoms with van der Waals surface area (Å²) in [6.07, 6.45) is 1.91. The highest BCUT2D eigenvalue weighted by atomic mass is 32.2. The first kappa shape index (κ1) is 24.8. The second kappa shape index (κ2) is 11.9. The Labute approximate surface area is 201 Å². The van der Waals surface area contributed by atoms with Gasteiger partial charge in [0.25, 0.3) is 5.91 Å². The first-order chi connectivity index (χ1) is 16.4. The molecule has 1 aliphatic carbocycles. The third kappa shape index (κ3) is 7.64. The number of esters is 1. The molecule has 1 fully saturated rings. The quantitative estimate of drug-likeness (QED) is 0.394. The summed E-state index contributed by atoms with van der Waals surface area (Å²) in [7, 11) is 1.47. The standard InChI is InChI=1S/C24H24N4O5S/c1-28(13-21(29)26-17-9-10-17)23(31)14-33-24(32)19-7-2-3-8-20(19)34-15-22(30)27-18-6-4-5-16(11-18)12-25/h2-8,11,17H,9-10,13-15H2,1H3,(H,26,29)(H,27,30). The van der Waals surface area contributed by atoms with Crippen molar-refractivity contribution in [3.63, 3.8) is 0 Å². The number of nitriles is 1. The number of rotatable bonds is 10. The maximum absolute atomic E-state index is 12.6. The number of thioether (sulfide) groups is 1. The lowest BCUT2D eigenvalue weighted by Crippen LogP contribution is -2.40. The van der Waals surface area contributed by atoms with Crippen LogP contribution in [-0.4, -0.2) is 60.6 Å². The van der Waals surface area contributed by atoms with E-state index < -0.39 is 18.5 Å². The molecule has 1 aliphatic rings. The minimum absolute atomic E-state index is 0.0266. The summed E-state index contributed by atoms with van der Waals surface area (Å²) in [6, 6.07) is 15.4. The fraction of sp³-hybridized carbons (Fsp3) is 0.292. The van der Waals surface area contributed by atoms with Crippen molar-refractivity contribution in [2.24, 2.45) is 0 Å². The third-order valence-corrected chi connectivity index (χ3v) is 5.89. The average molecular weight is 481 g/mol. The normalized spacial score (nSPS) is 12.2. The van der Waals surface area contributed by atoms with Crippen LogP contribution in [0.3, 0.4) is 0 Å². The van der Waals surface area contributed by atoms with Gasteiger partial charge in [-0.05, 0) is 43.2 Å². The molecular formula is C24H24N4O5S. The molecule has 0 radical (unpaired) electrons. The Kier molecular flexibility index (Phi) is 8.65. The van der Waals surface area contributed by atoms with Crippen LogP contribution >= 0.6 is 11.8 Å². The Bertz CT molecular complexity index is 1130. The molecule has 10 heteroatoms.